The van der Waals surface area contributed by atoms with Crippen molar-refractivity contribution in [2.75, 3.05) is 6.61 Å². The van der Waals surface area contributed by atoms with E-state index < -0.39 is 0 Å². The molecule has 1 nitrogen and oxygen atoms in total. The summed E-state index contributed by atoms with van der Waals surface area (Å²) in [5.74, 6) is 1.60. The molecule has 1 atom stereocenters. The number of hydrogen-bond acceptors (Lipinski definition) is 1. The minimum Gasteiger partial charge on any atom is -0.374 e. The van der Waals surface area contributed by atoms with Crippen LogP contribution in [0.15, 0.2) is 60.7 Å². The summed E-state index contributed by atoms with van der Waals surface area (Å²) in [6, 6.07) is 21.9. The van der Waals surface area contributed by atoms with Crippen LogP contribution in [-0.2, 0) is 4.74 Å². The topological polar surface area (TPSA) is 9.23 Å². The molecular weight excluding hydrogens is 328 g/mol. The van der Waals surface area contributed by atoms with Crippen molar-refractivity contribution in [3.05, 3.63) is 71.8 Å². The van der Waals surface area contributed by atoms with E-state index in [1.807, 2.05) is 0 Å². The first-order chi connectivity index (χ1) is 13.0. The third-order valence-electron chi connectivity index (χ3n) is 5.62. The van der Waals surface area contributed by atoms with Gasteiger partial charge in [0.25, 0.3) is 0 Å². The standard InChI is InChI=1S/C26H38O/c1-6-26(19-17-21(2)3,27-20-18-22(4)5)25(23-13-9-7-10-14-23)24-15-11-8-12-16-24/h7-16,21-22,25H,6,17-20H2,1-5H3. The summed E-state index contributed by atoms with van der Waals surface area (Å²) in [7, 11) is 0. The first kappa shape index (κ1) is 21.7. The van der Waals surface area contributed by atoms with E-state index in [9.17, 15) is 0 Å². The predicted molar refractivity (Wildman–Crippen MR) is 117 cm³/mol. The summed E-state index contributed by atoms with van der Waals surface area (Å²) in [5.41, 5.74) is 2.56. The van der Waals surface area contributed by atoms with Crippen LogP contribution in [0.4, 0.5) is 0 Å². The van der Waals surface area contributed by atoms with Gasteiger partial charge >= 0.3 is 0 Å². The first-order valence-electron chi connectivity index (χ1n) is 10.7. The Bertz CT molecular complexity index is 592. The molecule has 0 bridgehead atoms. The monoisotopic (exact) mass is 366 g/mol. The Balaban J connectivity index is 2.47. The molecule has 0 heterocycles. The molecule has 0 amide bonds. The van der Waals surface area contributed by atoms with Crippen molar-refractivity contribution >= 4 is 0 Å². The highest BCUT2D eigenvalue weighted by Crippen LogP contribution is 2.43. The van der Waals surface area contributed by atoms with Crippen LogP contribution in [0, 0.1) is 11.8 Å². The fourth-order valence-electron chi connectivity index (χ4n) is 3.90. The second kappa shape index (κ2) is 10.7. The highest BCUT2D eigenvalue weighted by atomic mass is 16.5. The van der Waals surface area contributed by atoms with Crippen molar-refractivity contribution in [1.29, 1.82) is 0 Å². The molecule has 0 aliphatic carbocycles. The normalized spacial score (nSPS) is 14.1. The Kier molecular flexibility index (Phi) is 8.57. The van der Waals surface area contributed by atoms with E-state index in [1.165, 1.54) is 17.5 Å². The Morgan fingerprint density at radius 3 is 1.63 bits per heavy atom. The number of ether oxygens (including phenoxy) is 1. The lowest BCUT2D eigenvalue weighted by molar-refractivity contribution is -0.0724. The van der Waals surface area contributed by atoms with E-state index >= 15 is 0 Å². The lowest BCUT2D eigenvalue weighted by Gasteiger charge is -2.42. The minimum atomic E-state index is -0.165. The van der Waals surface area contributed by atoms with Gasteiger partial charge in [-0.2, -0.15) is 0 Å². The maximum Gasteiger partial charge on any atom is 0.0788 e. The molecule has 0 radical (unpaired) electrons. The van der Waals surface area contributed by atoms with Gasteiger partial charge in [-0.3, -0.25) is 0 Å². The van der Waals surface area contributed by atoms with E-state index in [2.05, 4.69) is 95.3 Å². The largest absolute Gasteiger partial charge is 0.374 e. The maximum atomic E-state index is 6.81. The van der Waals surface area contributed by atoms with Gasteiger partial charge in [-0.1, -0.05) is 95.3 Å². The van der Waals surface area contributed by atoms with E-state index in [0.29, 0.717) is 11.8 Å². The van der Waals surface area contributed by atoms with E-state index in [4.69, 9.17) is 4.74 Å². The zero-order chi connectivity index (χ0) is 19.7. The Morgan fingerprint density at radius 2 is 1.22 bits per heavy atom. The molecule has 0 fully saturated rings. The summed E-state index contributed by atoms with van der Waals surface area (Å²) in [6.45, 7) is 12.3. The van der Waals surface area contributed by atoms with Crippen LogP contribution in [0.3, 0.4) is 0 Å². The zero-order valence-corrected chi connectivity index (χ0v) is 17.9. The molecule has 0 saturated heterocycles. The van der Waals surface area contributed by atoms with Gasteiger partial charge in [0.05, 0.1) is 5.60 Å². The quantitative estimate of drug-likeness (QED) is 0.401. The second-order valence-corrected chi connectivity index (χ2v) is 8.64. The van der Waals surface area contributed by atoms with Crippen molar-refractivity contribution in [2.24, 2.45) is 11.8 Å². The molecule has 148 valence electrons. The molecule has 0 aromatic heterocycles. The van der Waals surface area contributed by atoms with E-state index in [0.717, 1.165) is 25.9 Å². The molecule has 0 aliphatic rings. The summed E-state index contributed by atoms with van der Waals surface area (Å²) in [6.07, 6.45) is 4.41. The Morgan fingerprint density at radius 1 is 0.741 bits per heavy atom. The first-order valence-corrected chi connectivity index (χ1v) is 10.7. The zero-order valence-electron chi connectivity index (χ0n) is 17.9. The highest BCUT2D eigenvalue weighted by Gasteiger charge is 2.40. The average molecular weight is 367 g/mol. The van der Waals surface area contributed by atoms with Gasteiger partial charge < -0.3 is 4.74 Å². The van der Waals surface area contributed by atoms with Crippen LogP contribution >= 0.6 is 0 Å². The van der Waals surface area contributed by atoms with Gasteiger partial charge in [0, 0.05) is 12.5 Å². The fraction of sp³-hybridized carbons (Fsp3) is 0.538. The molecule has 0 N–H and O–H groups in total. The lowest BCUT2D eigenvalue weighted by Crippen LogP contribution is -2.40. The summed E-state index contributed by atoms with van der Waals surface area (Å²) < 4.78 is 6.81. The Hall–Kier alpha value is -1.60. The van der Waals surface area contributed by atoms with Gasteiger partial charge in [-0.25, -0.2) is 0 Å². The van der Waals surface area contributed by atoms with Crippen LogP contribution in [0.1, 0.15) is 77.3 Å². The SMILES string of the molecule is CCC(CCC(C)C)(OCCC(C)C)C(c1ccccc1)c1ccccc1. The smallest absolute Gasteiger partial charge is 0.0788 e. The molecule has 0 saturated carbocycles. The summed E-state index contributed by atoms with van der Waals surface area (Å²) >= 11 is 0. The van der Waals surface area contributed by atoms with Crippen molar-refractivity contribution < 1.29 is 4.74 Å². The van der Waals surface area contributed by atoms with Gasteiger partial charge in [0.15, 0.2) is 0 Å². The third-order valence-corrected chi connectivity index (χ3v) is 5.62. The average Bonchev–Trinajstić information content (AvgIpc) is 2.67. The van der Waals surface area contributed by atoms with Gasteiger partial charge in [0.1, 0.15) is 0 Å². The maximum absolute atomic E-state index is 6.81. The summed E-state index contributed by atoms with van der Waals surface area (Å²) in [5, 5.41) is 0. The molecule has 0 spiro atoms. The van der Waals surface area contributed by atoms with Gasteiger partial charge in [-0.15, -0.1) is 0 Å². The van der Waals surface area contributed by atoms with Crippen molar-refractivity contribution in [3.8, 4) is 0 Å². The highest BCUT2D eigenvalue weighted by molar-refractivity contribution is 5.36. The van der Waals surface area contributed by atoms with Crippen LogP contribution < -0.4 is 0 Å². The number of rotatable bonds is 11. The van der Waals surface area contributed by atoms with Gasteiger partial charge in [-0.05, 0) is 48.6 Å². The van der Waals surface area contributed by atoms with Crippen molar-refractivity contribution in [1.82, 2.24) is 0 Å². The minimum absolute atomic E-state index is 0.165. The molecule has 1 heteroatoms. The molecule has 0 aliphatic heterocycles. The Labute approximate surface area is 167 Å². The van der Waals surface area contributed by atoms with E-state index in [1.54, 1.807) is 0 Å². The van der Waals surface area contributed by atoms with Crippen LogP contribution in [0.25, 0.3) is 0 Å². The lowest BCUT2D eigenvalue weighted by atomic mass is 9.72. The van der Waals surface area contributed by atoms with Crippen LogP contribution in [0.2, 0.25) is 0 Å². The molecule has 2 aromatic carbocycles. The summed E-state index contributed by atoms with van der Waals surface area (Å²) in [4.78, 5) is 0. The second-order valence-electron chi connectivity index (χ2n) is 8.64. The van der Waals surface area contributed by atoms with E-state index in [-0.39, 0.29) is 11.5 Å². The van der Waals surface area contributed by atoms with Crippen LogP contribution in [-0.4, -0.2) is 12.2 Å². The number of hydrogen-bond donors (Lipinski definition) is 0. The predicted octanol–water partition coefficient (Wildman–Crippen LogP) is 7.47. The van der Waals surface area contributed by atoms with Crippen molar-refractivity contribution in [2.45, 2.75) is 71.8 Å². The van der Waals surface area contributed by atoms with Gasteiger partial charge in [0.2, 0.25) is 0 Å². The molecular formula is C26H38O. The van der Waals surface area contributed by atoms with Crippen molar-refractivity contribution in [3.63, 3.8) is 0 Å². The van der Waals surface area contributed by atoms with Crippen LogP contribution in [0.5, 0.6) is 0 Å². The molecule has 1 unspecified atom stereocenters. The fourth-order valence-corrected chi connectivity index (χ4v) is 3.90. The molecule has 2 rings (SSSR count). The molecule has 27 heavy (non-hydrogen) atoms. The molecule has 2 aromatic rings. The number of benzene rings is 2. The third kappa shape index (κ3) is 6.21.